The number of alkyl halides is 6. The number of hydrogen-bond donors (Lipinski definition) is 2. The molecule has 1 saturated heterocycles. The molecule has 2 fully saturated rings. The second-order valence-electron chi connectivity index (χ2n) is 13.2. The van der Waals surface area contributed by atoms with Crippen molar-refractivity contribution in [2.45, 2.75) is 115 Å². The van der Waals surface area contributed by atoms with Crippen LogP contribution in [0.15, 0.2) is 43.0 Å². The lowest BCUT2D eigenvalue weighted by Crippen LogP contribution is -2.57. The number of aromatic nitrogens is 4. The number of hydrogen-bond acceptors (Lipinski definition) is 8. The van der Waals surface area contributed by atoms with Crippen molar-refractivity contribution in [2.75, 3.05) is 4.90 Å². The summed E-state index contributed by atoms with van der Waals surface area (Å²) in [7, 11) is 1.74. The van der Waals surface area contributed by atoms with Crippen LogP contribution < -0.4 is 4.90 Å². The van der Waals surface area contributed by atoms with Crippen molar-refractivity contribution in [3.63, 3.8) is 0 Å². The molecule has 3 aromatic rings. The van der Waals surface area contributed by atoms with Gasteiger partial charge in [-0.15, -0.1) is 0 Å². The molecule has 1 unspecified atom stereocenters. The summed E-state index contributed by atoms with van der Waals surface area (Å²) in [6.07, 6.45) is -2.16. The zero-order valence-electron chi connectivity index (χ0n) is 28.0. The van der Waals surface area contributed by atoms with E-state index in [1.54, 1.807) is 33.9 Å². The van der Waals surface area contributed by atoms with Gasteiger partial charge >= 0.3 is 18.4 Å². The van der Waals surface area contributed by atoms with E-state index >= 15 is 0 Å². The molecule has 1 aromatic carbocycles. The monoisotopic (exact) mass is 712 g/mol. The smallest absolute Gasteiger partial charge is 0.416 e. The molecule has 2 N–H and O–H groups in total. The number of aliphatic hydroxyl groups is 2. The van der Waals surface area contributed by atoms with Crippen molar-refractivity contribution in [1.29, 1.82) is 0 Å². The molecule has 0 radical (unpaired) electrons. The normalized spacial score (nSPS) is 23.3. The van der Waals surface area contributed by atoms with Crippen LogP contribution >= 0.6 is 0 Å². The van der Waals surface area contributed by atoms with E-state index < -0.39 is 41.9 Å². The summed E-state index contributed by atoms with van der Waals surface area (Å²) in [5, 5.41) is 23.2. The third kappa shape index (κ3) is 8.68. The number of likely N-dealkylation sites (tertiary alicyclic amines) is 1. The predicted molar refractivity (Wildman–Crippen MR) is 170 cm³/mol. The highest BCUT2D eigenvalue weighted by molar-refractivity contribution is 5.69. The molecule has 2 aromatic heterocycles. The minimum Gasteiger partial charge on any atom is -0.446 e. The Morgan fingerprint density at radius 2 is 1.46 bits per heavy atom. The molecular formula is C34H42F6N6O4. The number of piperidine rings is 1. The van der Waals surface area contributed by atoms with Gasteiger partial charge in [0.2, 0.25) is 5.95 Å². The highest BCUT2D eigenvalue weighted by atomic mass is 19.4. The SMILES string of the molecule is CC[C@@H]1CC(N(Cc2cc(C(F)(F)F)cc(C(F)(F)F)c2)c2ncc(-c3cnn(C)c3)cn2)C[C@H](CC)N1C(=O)OC1CCC(C(O)O)CC1. The third-order valence-electron chi connectivity index (χ3n) is 9.81. The van der Waals surface area contributed by atoms with Gasteiger partial charge in [-0.2, -0.15) is 31.4 Å². The van der Waals surface area contributed by atoms with Crippen LogP contribution in [0.5, 0.6) is 0 Å². The number of nitrogens with zero attached hydrogens (tertiary/aromatic N) is 6. The van der Waals surface area contributed by atoms with Crippen molar-refractivity contribution in [2.24, 2.45) is 13.0 Å². The van der Waals surface area contributed by atoms with Crippen LogP contribution in [0.4, 0.5) is 37.1 Å². The molecule has 1 amide bonds. The summed E-state index contributed by atoms with van der Waals surface area (Å²) in [4.78, 5) is 26.0. The maximum Gasteiger partial charge on any atom is 0.416 e. The molecular weight excluding hydrogens is 670 g/mol. The molecule has 2 aliphatic rings. The fraction of sp³-hybridized carbons (Fsp3) is 0.588. The average molecular weight is 713 g/mol. The molecule has 1 aliphatic carbocycles. The van der Waals surface area contributed by atoms with Gasteiger partial charge in [0.25, 0.3) is 0 Å². The van der Waals surface area contributed by atoms with E-state index in [2.05, 4.69) is 15.1 Å². The molecule has 3 atom stereocenters. The summed E-state index contributed by atoms with van der Waals surface area (Å²) in [5.41, 5.74) is -1.68. The molecule has 1 aliphatic heterocycles. The minimum absolute atomic E-state index is 0.107. The number of benzene rings is 1. The van der Waals surface area contributed by atoms with Crippen molar-refractivity contribution >= 4 is 12.0 Å². The van der Waals surface area contributed by atoms with E-state index in [-0.39, 0.29) is 48.2 Å². The molecule has 3 heterocycles. The molecule has 50 heavy (non-hydrogen) atoms. The van der Waals surface area contributed by atoms with Gasteiger partial charge in [0, 0.05) is 67.4 Å². The van der Waals surface area contributed by atoms with E-state index in [1.165, 1.54) is 12.4 Å². The Kier molecular flexibility index (Phi) is 11.3. The Hall–Kier alpha value is -3.92. The third-order valence-corrected chi connectivity index (χ3v) is 9.81. The van der Waals surface area contributed by atoms with Gasteiger partial charge in [-0.3, -0.25) is 4.68 Å². The number of carbonyl (C=O) groups is 1. The van der Waals surface area contributed by atoms with E-state index in [1.807, 2.05) is 13.8 Å². The number of ether oxygens (including phenoxy) is 1. The summed E-state index contributed by atoms with van der Waals surface area (Å²) < 4.78 is 90.4. The standard InChI is InChI=1S/C34H42F6N6O4/c1-4-26-13-28(14-27(5-2)46(26)32(49)50-29-8-6-21(7-9-29)30(47)48)45(31-41-15-22(16-42-31)23-17-43-44(3)19-23)18-20-10-24(33(35,36)37)12-25(11-20)34(38,39)40/h10-12,15-17,19,21,26-30,47-48H,4-9,13-14,18H2,1-3H3/t21?,26-,27+,28?,29?. The van der Waals surface area contributed by atoms with E-state index in [0.717, 1.165) is 17.7 Å². The van der Waals surface area contributed by atoms with Gasteiger partial charge in [-0.05, 0) is 75.1 Å². The number of aliphatic hydroxyl groups excluding tert-OH is 1. The van der Waals surface area contributed by atoms with E-state index in [9.17, 15) is 41.4 Å². The quantitative estimate of drug-likeness (QED) is 0.181. The molecule has 0 bridgehead atoms. The van der Waals surface area contributed by atoms with Gasteiger partial charge in [0.15, 0.2) is 6.29 Å². The van der Waals surface area contributed by atoms with Crippen LogP contribution in [0.2, 0.25) is 0 Å². The first-order chi connectivity index (χ1) is 23.6. The Balaban J connectivity index is 1.45. The maximum atomic E-state index is 13.8. The number of amides is 1. The average Bonchev–Trinajstić information content (AvgIpc) is 3.52. The minimum atomic E-state index is -5.01. The summed E-state index contributed by atoms with van der Waals surface area (Å²) in [5.74, 6) is -0.152. The highest BCUT2D eigenvalue weighted by Crippen LogP contribution is 2.39. The highest BCUT2D eigenvalue weighted by Gasteiger charge is 2.42. The lowest BCUT2D eigenvalue weighted by atomic mass is 9.86. The number of anilines is 1. The van der Waals surface area contributed by atoms with Crippen molar-refractivity contribution in [1.82, 2.24) is 24.6 Å². The first-order valence-electron chi connectivity index (χ1n) is 16.8. The number of aryl methyl sites for hydroxylation is 1. The van der Waals surface area contributed by atoms with Crippen molar-refractivity contribution in [3.05, 3.63) is 59.7 Å². The zero-order valence-corrected chi connectivity index (χ0v) is 28.0. The van der Waals surface area contributed by atoms with Crippen LogP contribution in [0.3, 0.4) is 0 Å². The number of halogens is 6. The first-order valence-corrected chi connectivity index (χ1v) is 16.8. The van der Waals surface area contributed by atoms with Gasteiger partial charge in [0.1, 0.15) is 6.10 Å². The Morgan fingerprint density at radius 1 is 0.900 bits per heavy atom. The van der Waals surface area contributed by atoms with E-state index in [4.69, 9.17) is 4.74 Å². The fourth-order valence-electron chi connectivity index (χ4n) is 7.10. The van der Waals surface area contributed by atoms with Crippen LogP contribution in [-0.2, 0) is 30.7 Å². The molecule has 274 valence electrons. The number of rotatable bonds is 9. The largest absolute Gasteiger partial charge is 0.446 e. The fourth-order valence-corrected chi connectivity index (χ4v) is 7.10. The van der Waals surface area contributed by atoms with Crippen molar-refractivity contribution < 1.29 is 46.1 Å². The molecule has 0 spiro atoms. The van der Waals surface area contributed by atoms with Crippen LogP contribution in [0.1, 0.15) is 81.9 Å². The lowest BCUT2D eigenvalue weighted by molar-refractivity contribution is -0.143. The van der Waals surface area contributed by atoms with Gasteiger partial charge < -0.3 is 24.7 Å². The Labute approximate surface area is 286 Å². The molecule has 1 saturated carbocycles. The first kappa shape index (κ1) is 37.3. The maximum absolute atomic E-state index is 13.8. The van der Waals surface area contributed by atoms with Gasteiger partial charge in [0.05, 0.1) is 17.3 Å². The topological polar surface area (TPSA) is 117 Å². The summed E-state index contributed by atoms with van der Waals surface area (Å²) in [6.45, 7) is 3.46. The second kappa shape index (κ2) is 15.1. The zero-order chi connectivity index (χ0) is 36.4. The van der Waals surface area contributed by atoms with Crippen LogP contribution in [0.25, 0.3) is 11.1 Å². The number of carbonyl (C=O) groups excluding carboxylic acids is 1. The molecule has 10 nitrogen and oxygen atoms in total. The van der Waals surface area contributed by atoms with Gasteiger partial charge in [-0.25, -0.2) is 14.8 Å². The van der Waals surface area contributed by atoms with Gasteiger partial charge in [-0.1, -0.05) is 13.8 Å². The second-order valence-corrected chi connectivity index (χ2v) is 13.2. The van der Waals surface area contributed by atoms with E-state index in [0.29, 0.717) is 56.9 Å². The Morgan fingerprint density at radius 3 is 1.92 bits per heavy atom. The lowest BCUT2D eigenvalue weighted by Gasteiger charge is -2.47. The Bertz CT molecular complexity index is 1540. The molecule has 5 rings (SSSR count). The summed E-state index contributed by atoms with van der Waals surface area (Å²) in [6, 6.07) is 0.381. The van der Waals surface area contributed by atoms with Crippen LogP contribution in [-0.4, -0.2) is 71.5 Å². The predicted octanol–water partition coefficient (Wildman–Crippen LogP) is 6.95. The van der Waals surface area contributed by atoms with Crippen molar-refractivity contribution in [3.8, 4) is 11.1 Å². The summed E-state index contributed by atoms with van der Waals surface area (Å²) >= 11 is 0. The molecule has 16 heteroatoms. The van der Waals surface area contributed by atoms with Crippen LogP contribution in [0, 0.1) is 5.92 Å².